The molecule has 52 heavy (non-hydrogen) atoms. The summed E-state index contributed by atoms with van der Waals surface area (Å²) in [5.41, 5.74) is 8.11. The minimum absolute atomic E-state index is 0.121. The van der Waals surface area contributed by atoms with Crippen molar-refractivity contribution in [2.45, 2.75) is 118 Å². The summed E-state index contributed by atoms with van der Waals surface area (Å²) >= 11 is 0. The number of aromatic nitrogens is 1. The monoisotopic (exact) mass is 720 g/mol. The van der Waals surface area contributed by atoms with Crippen molar-refractivity contribution in [3.05, 3.63) is 81.4 Å². The zero-order valence-corrected chi connectivity index (χ0v) is 31.9. The maximum atomic E-state index is 14.7. The van der Waals surface area contributed by atoms with Gasteiger partial charge in [0.1, 0.15) is 5.82 Å². The van der Waals surface area contributed by atoms with E-state index in [-0.39, 0.29) is 30.7 Å². The number of benzene rings is 2. The van der Waals surface area contributed by atoms with Gasteiger partial charge in [-0.3, -0.25) is 14.8 Å². The molecule has 0 saturated carbocycles. The van der Waals surface area contributed by atoms with E-state index in [0.717, 1.165) is 79.9 Å². The zero-order valence-electron chi connectivity index (χ0n) is 31.9. The third-order valence-corrected chi connectivity index (χ3v) is 11.0. The van der Waals surface area contributed by atoms with Gasteiger partial charge in [-0.15, -0.1) is 0 Å². The molecule has 0 spiro atoms. The molecule has 7 nitrogen and oxygen atoms in total. The molecule has 2 saturated heterocycles. The van der Waals surface area contributed by atoms with Gasteiger partial charge in [0.05, 0.1) is 23.5 Å². The molecule has 0 amide bonds. The Balaban J connectivity index is 1.48. The number of hydrogen-bond acceptors (Lipinski definition) is 6. The Hall–Kier alpha value is -3.47. The molecule has 1 N–H and O–H groups in total. The number of carboxylic acids is 1. The number of pyridine rings is 1. The molecule has 10 heteroatoms. The maximum absolute atomic E-state index is 14.7. The molecular weight excluding hydrogens is 665 g/mol. The fourth-order valence-corrected chi connectivity index (χ4v) is 8.12. The van der Waals surface area contributed by atoms with Crippen molar-refractivity contribution in [2.75, 3.05) is 37.6 Å². The smallest absolute Gasteiger partial charge is 0.337 e. The second-order valence-electron chi connectivity index (χ2n) is 17.1. The maximum Gasteiger partial charge on any atom is 0.337 e. The van der Waals surface area contributed by atoms with Crippen molar-refractivity contribution < 1.29 is 27.8 Å². The van der Waals surface area contributed by atoms with Gasteiger partial charge >= 0.3 is 5.97 Å². The van der Waals surface area contributed by atoms with Gasteiger partial charge in [-0.05, 0) is 112 Å². The van der Waals surface area contributed by atoms with E-state index in [1.165, 1.54) is 17.2 Å². The number of nitrogens with zero attached hydrogens (tertiary/aromatic N) is 4. The topological polar surface area (TPSA) is 69.1 Å². The van der Waals surface area contributed by atoms with Gasteiger partial charge in [-0.1, -0.05) is 38.1 Å². The molecule has 282 valence electrons. The highest BCUT2D eigenvalue weighted by Crippen LogP contribution is 2.46. The average Bonchev–Trinajstić information content (AvgIpc) is 3.04. The van der Waals surface area contributed by atoms with Crippen LogP contribution in [0.4, 0.5) is 18.9 Å². The Morgan fingerprint density at radius 1 is 0.962 bits per heavy atom. The number of carboxylic acid groups (broad SMARTS) is 1. The average molecular weight is 721 g/mol. The molecule has 2 fully saturated rings. The molecule has 1 unspecified atom stereocenters. The lowest BCUT2D eigenvalue weighted by atomic mass is 9.81. The van der Waals surface area contributed by atoms with E-state index in [0.29, 0.717) is 29.9 Å². The first kappa shape index (κ1) is 38.3. The Bertz CT molecular complexity index is 1790. The first-order valence-electron chi connectivity index (χ1n) is 18.8. The number of likely N-dealkylation sites (tertiary alicyclic amines) is 1. The Labute approximate surface area is 307 Å². The van der Waals surface area contributed by atoms with Crippen molar-refractivity contribution in [2.24, 2.45) is 5.41 Å². The first-order chi connectivity index (χ1) is 24.4. The number of piperidine rings is 2. The van der Waals surface area contributed by atoms with E-state index < -0.39 is 23.6 Å². The highest BCUT2D eigenvalue weighted by molar-refractivity contribution is 5.88. The van der Waals surface area contributed by atoms with Gasteiger partial charge in [0.25, 0.3) is 5.92 Å². The molecule has 0 bridgehead atoms. The predicted molar refractivity (Wildman–Crippen MR) is 199 cm³/mol. The first-order valence-corrected chi connectivity index (χ1v) is 18.8. The molecule has 6 rings (SSSR count). The van der Waals surface area contributed by atoms with E-state index >= 15 is 0 Å². The number of carbonyl (C=O) groups is 1. The number of halogens is 3. The van der Waals surface area contributed by atoms with E-state index in [9.17, 15) is 23.1 Å². The SMILES string of the molecule is Cc1cc(F)ccc1CN1CCc2cc(-c3c(CN4CCCC(F)(F)C4)nc(C)c(C(OC(C)(C)C)C(=O)O)c3N3CCC(C)(C)CC3)ccc2C1. The Morgan fingerprint density at radius 2 is 1.69 bits per heavy atom. The van der Waals surface area contributed by atoms with Crippen LogP contribution in [0.15, 0.2) is 36.4 Å². The number of anilines is 1. The number of rotatable bonds is 9. The lowest BCUT2D eigenvalue weighted by molar-refractivity contribution is -0.160. The van der Waals surface area contributed by atoms with Gasteiger partial charge in [-0.25, -0.2) is 18.0 Å². The van der Waals surface area contributed by atoms with Crippen LogP contribution in [0, 0.1) is 25.1 Å². The third-order valence-electron chi connectivity index (χ3n) is 11.0. The molecule has 3 aliphatic heterocycles. The third kappa shape index (κ3) is 8.83. The molecule has 2 aromatic carbocycles. The zero-order chi connectivity index (χ0) is 37.6. The van der Waals surface area contributed by atoms with Gasteiger partial charge in [0.2, 0.25) is 0 Å². The summed E-state index contributed by atoms with van der Waals surface area (Å²) in [5, 5.41) is 10.7. The lowest BCUT2D eigenvalue weighted by Crippen LogP contribution is -2.42. The quantitative estimate of drug-likeness (QED) is 0.237. The number of ether oxygens (including phenoxy) is 1. The number of alkyl halides is 2. The normalized spacial score (nSPS) is 20.1. The number of hydrogen-bond donors (Lipinski definition) is 1. The summed E-state index contributed by atoms with van der Waals surface area (Å²) in [6.45, 7) is 18.0. The van der Waals surface area contributed by atoms with Gasteiger partial charge < -0.3 is 14.7 Å². The van der Waals surface area contributed by atoms with Crippen LogP contribution in [0.25, 0.3) is 11.1 Å². The van der Waals surface area contributed by atoms with Crippen LogP contribution in [0.1, 0.15) is 106 Å². The van der Waals surface area contributed by atoms with Crippen LogP contribution in [-0.4, -0.2) is 70.1 Å². The summed E-state index contributed by atoms with van der Waals surface area (Å²) in [6, 6.07) is 11.4. The van der Waals surface area contributed by atoms with Crippen molar-refractivity contribution in [3.63, 3.8) is 0 Å². The molecule has 3 aromatic rings. The second kappa shape index (κ2) is 14.7. The van der Waals surface area contributed by atoms with Crippen molar-refractivity contribution in [3.8, 4) is 11.1 Å². The van der Waals surface area contributed by atoms with E-state index in [4.69, 9.17) is 9.72 Å². The van der Waals surface area contributed by atoms with Crippen LogP contribution in [0.5, 0.6) is 0 Å². The summed E-state index contributed by atoms with van der Waals surface area (Å²) in [6.07, 6.45) is 1.66. The van der Waals surface area contributed by atoms with E-state index in [1.807, 2.05) is 40.7 Å². The Kier molecular flexibility index (Phi) is 10.9. The summed E-state index contributed by atoms with van der Waals surface area (Å²) in [5.74, 6) is -4.09. The number of aliphatic carboxylic acids is 1. The molecule has 0 radical (unpaired) electrons. The fraction of sp³-hybridized carbons (Fsp3) is 0.571. The highest BCUT2D eigenvalue weighted by Gasteiger charge is 2.39. The predicted octanol–water partition coefficient (Wildman–Crippen LogP) is 8.86. The van der Waals surface area contributed by atoms with Crippen LogP contribution in [0.3, 0.4) is 0 Å². The van der Waals surface area contributed by atoms with Gasteiger partial charge in [0.15, 0.2) is 6.10 Å². The minimum atomic E-state index is -2.77. The number of fused-ring (bicyclic) bond motifs is 1. The van der Waals surface area contributed by atoms with Gasteiger partial charge in [0, 0.05) is 62.5 Å². The van der Waals surface area contributed by atoms with Crippen molar-refractivity contribution >= 4 is 11.7 Å². The van der Waals surface area contributed by atoms with Crippen molar-refractivity contribution in [1.82, 2.24) is 14.8 Å². The number of aryl methyl sites for hydroxylation is 2. The Morgan fingerprint density at radius 3 is 2.35 bits per heavy atom. The highest BCUT2D eigenvalue weighted by atomic mass is 19.3. The van der Waals surface area contributed by atoms with E-state index in [1.54, 1.807) is 11.0 Å². The largest absolute Gasteiger partial charge is 0.479 e. The summed E-state index contributed by atoms with van der Waals surface area (Å²) in [4.78, 5) is 24.7. The summed E-state index contributed by atoms with van der Waals surface area (Å²) < 4.78 is 49.6. The molecule has 0 aliphatic carbocycles. The van der Waals surface area contributed by atoms with E-state index in [2.05, 4.69) is 41.8 Å². The molecule has 4 heterocycles. The molecular formula is C42H55F3N4O3. The minimum Gasteiger partial charge on any atom is -0.479 e. The van der Waals surface area contributed by atoms with Crippen LogP contribution in [0.2, 0.25) is 0 Å². The van der Waals surface area contributed by atoms with Crippen LogP contribution >= 0.6 is 0 Å². The van der Waals surface area contributed by atoms with Crippen LogP contribution in [-0.2, 0) is 35.6 Å². The molecule has 3 aliphatic rings. The van der Waals surface area contributed by atoms with Crippen LogP contribution < -0.4 is 4.90 Å². The lowest BCUT2D eigenvalue weighted by Gasteiger charge is -2.41. The second-order valence-corrected chi connectivity index (χ2v) is 17.1. The fourth-order valence-electron chi connectivity index (χ4n) is 8.12. The summed E-state index contributed by atoms with van der Waals surface area (Å²) in [7, 11) is 0. The van der Waals surface area contributed by atoms with Crippen molar-refractivity contribution in [1.29, 1.82) is 0 Å². The molecule has 1 aromatic heterocycles. The van der Waals surface area contributed by atoms with Gasteiger partial charge in [-0.2, -0.15) is 0 Å². The molecule has 1 atom stereocenters. The standard InChI is InChI=1S/C42H55F3N4O3/c1-27-21-33(43)12-11-31(27)23-47-18-13-29-22-30(9-10-32(29)24-47)36-34(25-48-17-8-14-42(44,45)26-48)46-28(2)35(38(39(50)51)52-40(3,4)5)37(36)49-19-15-41(6,7)16-20-49/h9-12,21-22,38H,8,13-20,23-26H2,1-7H3,(H,50,51).